The molecule has 19 heavy (non-hydrogen) atoms. The molecule has 0 aliphatic carbocycles. The van der Waals surface area contributed by atoms with Crippen molar-refractivity contribution in [1.82, 2.24) is 5.32 Å². The second kappa shape index (κ2) is 7.41. The Morgan fingerprint density at radius 2 is 2.00 bits per heavy atom. The van der Waals surface area contributed by atoms with Crippen molar-refractivity contribution in [2.24, 2.45) is 5.73 Å². The van der Waals surface area contributed by atoms with Crippen LogP contribution in [0.2, 0.25) is 0 Å². The summed E-state index contributed by atoms with van der Waals surface area (Å²) in [6, 6.07) is 5.50. The average molecular weight is 263 g/mol. The van der Waals surface area contributed by atoms with E-state index in [9.17, 15) is 9.59 Å². The molecule has 0 saturated heterocycles. The van der Waals surface area contributed by atoms with Gasteiger partial charge >= 0.3 is 0 Å². The van der Waals surface area contributed by atoms with Gasteiger partial charge in [-0.2, -0.15) is 0 Å². The Labute approximate surface area is 113 Å². The molecule has 0 heterocycles. The molecule has 104 valence electrons. The molecule has 0 aliphatic heterocycles. The lowest BCUT2D eigenvalue weighted by Crippen LogP contribution is -2.27. The van der Waals surface area contributed by atoms with Gasteiger partial charge in [0.2, 0.25) is 5.91 Å². The van der Waals surface area contributed by atoms with Gasteiger partial charge in [0.05, 0.1) is 0 Å². The van der Waals surface area contributed by atoms with Crippen LogP contribution in [0.1, 0.15) is 35.7 Å². The van der Waals surface area contributed by atoms with Crippen molar-refractivity contribution in [1.29, 1.82) is 0 Å². The van der Waals surface area contributed by atoms with Crippen molar-refractivity contribution in [3.05, 3.63) is 29.3 Å². The highest BCUT2D eigenvalue weighted by Crippen LogP contribution is 2.16. The van der Waals surface area contributed by atoms with E-state index in [0.29, 0.717) is 5.56 Å². The minimum atomic E-state index is -0.421. The van der Waals surface area contributed by atoms with Crippen molar-refractivity contribution in [2.45, 2.75) is 26.7 Å². The average Bonchev–Trinajstić information content (AvgIpc) is 2.36. The number of rotatable bonds is 7. The lowest BCUT2D eigenvalue weighted by atomic mass is 10.1. The largest absolute Gasteiger partial charge is 0.385 e. The van der Waals surface area contributed by atoms with Gasteiger partial charge in [-0.3, -0.25) is 9.59 Å². The zero-order valence-corrected chi connectivity index (χ0v) is 11.5. The molecule has 0 unspecified atom stereocenters. The van der Waals surface area contributed by atoms with Gasteiger partial charge in [0.1, 0.15) is 0 Å². The van der Waals surface area contributed by atoms with E-state index in [1.54, 1.807) is 6.07 Å². The molecule has 0 atom stereocenters. The first kappa shape index (κ1) is 15.0. The number of carbonyl (C=O) groups excluding carboxylic acids is 2. The number of carbonyl (C=O) groups is 2. The summed E-state index contributed by atoms with van der Waals surface area (Å²) >= 11 is 0. The SMILES string of the molecule is CCCNc1ccc(C(=O)NCCC(N)=O)cc1C. The third-order valence-corrected chi connectivity index (χ3v) is 2.71. The summed E-state index contributed by atoms with van der Waals surface area (Å²) in [5, 5.41) is 5.95. The molecular formula is C14H21N3O2. The summed E-state index contributed by atoms with van der Waals surface area (Å²) in [6.07, 6.45) is 1.20. The van der Waals surface area contributed by atoms with Crippen LogP contribution < -0.4 is 16.4 Å². The first-order chi connectivity index (χ1) is 9.04. The van der Waals surface area contributed by atoms with Crippen molar-refractivity contribution < 1.29 is 9.59 Å². The van der Waals surface area contributed by atoms with Crippen LogP contribution in [0.15, 0.2) is 18.2 Å². The van der Waals surface area contributed by atoms with E-state index in [-0.39, 0.29) is 18.9 Å². The predicted molar refractivity (Wildman–Crippen MR) is 76.1 cm³/mol. The van der Waals surface area contributed by atoms with Crippen molar-refractivity contribution >= 4 is 17.5 Å². The second-order valence-corrected chi connectivity index (χ2v) is 4.43. The Hall–Kier alpha value is -2.04. The molecule has 5 nitrogen and oxygen atoms in total. The van der Waals surface area contributed by atoms with E-state index in [4.69, 9.17) is 5.73 Å². The van der Waals surface area contributed by atoms with E-state index >= 15 is 0 Å². The van der Waals surface area contributed by atoms with Gasteiger partial charge in [-0.1, -0.05) is 6.92 Å². The predicted octanol–water partition coefficient (Wildman–Crippen LogP) is 1.42. The van der Waals surface area contributed by atoms with Crippen molar-refractivity contribution in [2.75, 3.05) is 18.4 Å². The standard InChI is InChI=1S/C14H21N3O2/c1-3-7-16-12-5-4-11(9-10(12)2)14(19)17-8-6-13(15)18/h4-5,9,16H,3,6-8H2,1-2H3,(H2,15,18)(H,17,19). The van der Waals surface area contributed by atoms with Crippen LogP contribution in [0.5, 0.6) is 0 Å². The molecule has 2 amide bonds. The second-order valence-electron chi connectivity index (χ2n) is 4.43. The summed E-state index contributed by atoms with van der Waals surface area (Å²) in [5.74, 6) is -0.609. The fourth-order valence-electron chi connectivity index (χ4n) is 1.66. The van der Waals surface area contributed by atoms with Gasteiger partial charge < -0.3 is 16.4 Å². The molecular weight excluding hydrogens is 242 g/mol. The monoisotopic (exact) mass is 263 g/mol. The lowest BCUT2D eigenvalue weighted by Gasteiger charge is -2.10. The Bertz CT molecular complexity index is 458. The fraction of sp³-hybridized carbons (Fsp3) is 0.429. The first-order valence-corrected chi connectivity index (χ1v) is 6.45. The third-order valence-electron chi connectivity index (χ3n) is 2.71. The number of primary amides is 1. The van der Waals surface area contributed by atoms with Crippen LogP contribution in [0, 0.1) is 6.92 Å². The Kier molecular flexibility index (Phi) is 5.85. The highest BCUT2D eigenvalue weighted by Gasteiger charge is 2.07. The minimum Gasteiger partial charge on any atom is -0.385 e. The molecule has 0 saturated carbocycles. The minimum absolute atomic E-state index is 0.154. The number of hydrogen-bond donors (Lipinski definition) is 3. The summed E-state index contributed by atoms with van der Waals surface area (Å²) < 4.78 is 0. The zero-order valence-electron chi connectivity index (χ0n) is 11.5. The zero-order chi connectivity index (χ0) is 14.3. The summed E-state index contributed by atoms with van der Waals surface area (Å²) in [5.41, 5.74) is 7.66. The van der Waals surface area contributed by atoms with E-state index < -0.39 is 5.91 Å². The van der Waals surface area contributed by atoms with E-state index in [2.05, 4.69) is 17.6 Å². The Balaban J connectivity index is 2.61. The van der Waals surface area contributed by atoms with Gasteiger partial charge in [0.15, 0.2) is 0 Å². The smallest absolute Gasteiger partial charge is 0.251 e. The molecule has 5 heteroatoms. The molecule has 4 N–H and O–H groups in total. The lowest BCUT2D eigenvalue weighted by molar-refractivity contribution is -0.117. The Morgan fingerprint density at radius 1 is 1.26 bits per heavy atom. The van der Waals surface area contributed by atoms with Crippen LogP contribution in [0.3, 0.4) is 0 Å². The van der Waals surface area contributed by atoms with Crippen molar-refractivity contribution in [3.63, 3.8) is 0 Å². The molecule has 1 aromatic rings. The topological polar surface area (TPSA) is 84.2 Å². The highest BCUT2D eigenvalue weighted by molar-refractivity contribution is 5.95. The number of benzene rings is 1. The van der Waals surface area contributed by atoms with Gasteiger partial charge in [-0.15, -0.1) is 0 Å². The normalized spacial score (nSPS) is 10.0. The quantitative estimate of drug-likeness (QED) is 0.695. The maximum absolute atomic E-state index is 11.8. The van der Waals surface area contributed by atoms with E-state index in [1.165, 1.54) is 0 Å². The first-order valence-electron chi connectivity index (χ1n) is 6.45. The van der Waals surface area contributed by atoms with Crippen LogP contribution in [-0.2, 0) is 4.79 Å². The summed E-state index contributed by atoms with van der Waals surface area (Å²) in [6.45, 7) is 5.23. The van der Waals surface area contributed by atoms with Gasteiger partial charge in [0, 0.05) is 30.8 Å². The van der Waals surface area contributed by atoms with Crippen LogP contribution in [0.25, 0.3) is 0 Å². The fourth-order valence-corrected chi connectivity index (χ4v) is 1.66. The van der Waals surface area contributed by atoms with Crippen LogP contribution in [-0.4, -0.2) is 24.9 Å². The molecule has 1 aromatic carbocycles. The number of amides is 2. The summed E-state index contributed by atoms with van der Waals surface area (Å²) in [4.78, 5) is 22.4. The van der Waals surface area contributed by atoms with Gasteiger partial charge in [0.25, 0.3) is 5.91 Å². The number of aryl methyl sites for hydroxylation is 1. The summed E-state index contributed by atoms with van der Waals surface area (Å²) in [7, 11) is 0. The van der Waals surface area contributed by atoms with Gasteiger partial charge in [-0.05, 0) is 37.1 Å². The molecule has 1 rings (SSSR count). The molecule has 0 aromatic heterocycles. The van der Waals surface area contributed by atoms with Crippen LogP contribution >= 0.6 is 0 Å². The van der Waals surface area contributed by atoms with E-state index in [0.717, 1.165) is 24.2 Å². The molecule has 0 aliphatic rings. The number of nitrogens with two attached hydrogens (primary N) is 1. The van der Waals surface area contributed by atoms with E-state index in [1.807, 2.05) is 19.1 Å². The molecule has 0 radical (unpaired) electrons. The number of anilines is 1. The highest BCUT2D eigenvalue weighted by atomic mass is 16.2. The molecule has 0 spiro atoms. The molecule has 0 bridgehead atoms. The Morgan fingerprint density at radius 3 is 2.58 bits per heavy atom. The number of nitrogens with one attached hydrogen (secondary N) is 2. The third kappa shape index (κ3) is 4.99. The number of hydrogen-bond acceptors (Lipinski definition) is 3. The van der Waals surface area contributed by atoms with Gasteiger partial charge in [-0.25, -0.2) is 0 Å². The van der Waals surface area contributed by atoms with Crippen molar-refractivity contribution in [3.8, 4) is 0 Å². The maximum Gasteiger partial charge on any atom is 0.251 e. The molecule has 0 fully saturated rings. The van der Waals surface area contributed by atoms with Crippen LogP contribution in [0.4, 0.5) is 5.69 Å². The maximum atomic E-state index is 11.8.